The van der Waals surface area contributed by atoms with E-state index < -0.39 is 0 Å². The fourth-order valence-corrected chi connectivity index (χ4v) is 1.72. The van der Waals surface area contributed by atoms with Crippen LogP contribution in [0.5, 0.6) is 0 Å². The number of carbonyl (C=O) groups excluding carboxylic acids is 1. The second-order valence-electron chi connectivity index (χ2n) is 3.98. The first-order valence-corrected chi connectivity index (χ1v) is 5.33. The standard InChI is InChI=1S/C10H16N4O2/c1-7(11)9-5-14(2-3-16-9)10(15)8-4-12-6-13-8/h4,6-7,9H,2-3,5,11H2,1H3,(H,12,13). The summed E-state index contributed by atoms with van der Waals surface area (Å²) in [5.74, 6) is -0.0496. The Hall–Kier alpha value is -1.40. The van der Waals surface area contributed by atoms with Crippen LogP contribution < -0.4 is 5.73 Å². The number of morpholine rings is 1. The highest BCUT2D eigenvalue weighted by atomic mass is 16.5. The van der Waals surface area contributed by atoms with Crippen LogP contribution in [0.25, 0.3) is 0 Å². The second-order valence-corrected chi connectivity index (χ2v) is 3.98. The van der Waals surface area contributed by atoms with Crippen LogP contribution in [0.1, 0.15) is 17.4 Å². The highest BCUT2D eigenvalue weighted by Gasteiger charge is 2.27. The van der Waals surface area contributed by atoms with Crippen LogP contribution in [0.15, 0.2) is 12.5 Å². The number of rotatable bonds is 2. The first-order chi connectivity index (χ1) is 7.68. The van der Waals surface area contributed by atoms with Crippen LogP contribution in [-0.2, 0) is 4.74 Å². The molecule has 1 aliphatic rings. The van der Waals surface area contributed by atoms with Crippen LogP contribution in [0.2, 0.25) is 0 Å². The zero-order valence-electron chi connectivity index (χ0n) is 9.22. The molecule has 1 aromatic rings. The molecular formula is C10H16N4O2. The zero-order chi connectivity index (χ0) is 11.5. The van der Waals surface area contributed by atoms with Gasteiger partial charge in [0.15, 0.2) is 0 Å². The first kappa shape index (κ1) is 11.1. The quantitative estimate of drug-likeness (QED) is 0.715. The van der Waals surface area contributed by atoms with E-state index in [9.17, 15) is 4.79 Å². The third-order valence-electron chi connectivity index (χ3n) is 2.70. The summed E-state index contributed by atoms with van der Waals surface area (Å²) in [4.78, 5) is 20.4. The number of H-pyrrole nitrogens is 1. The van der Waals surface area contributed by atoms with E-state index >= 15 is 0 Å². The number of imidazole rings is 1. The van der Waals surface area contributed by atoms with E-state index in [0.717, 1.165) is 0 Å². The molecule has 1 aliphatic heterocycles. The summed E-state index contributed by atoms with van der Waals surface area (Å²) in [6, 6.07) is -0.0719. The van der Waals surface area contributed by atoms with Crippen molar-refractivity contribution in [2.75, 3.05) is 19.7 Å². The Bertz CT molecular complexity index is 350. The van der Waals surface area contributed by atoms with Crippen molar-refractivity contribution in [1.82, 2.24) is 14.9 Å². The normalized spacial score (nSPS) is 23.1. The number of aromatic amines is 1. The van der Waals surface area contributed by atoms with Gasteiger partial charge in [-0.1, -0.05) is 0 Å². The Morgan fingerprint density at radius 2 is 2.62 bits per heavy atom. The van der Waals surface area contributed by atoms with Crippen molar-refractivity contribution >= 4 is 5.91 Å². The maximum atomic E-state index is 12.0. The lowest BCUT2D eigenvalue weighted by atomic mass is 10.1. The maximum Gasteiger partial charge on any atom is 0.272 e. The minimum atomic E-state index is -0.0828. The number of nitrogens with zero attached hydrogens (tertiary/aromatic N) is 2. The lowest BCUT2D eigenvalue weighted by Crippen LogP contribution is -2.51. The number of ether oxygens (including phenoxy) is 1. The minimum absolute atomic E-state index is 0.0496. The summed E-state index contributed by atoms with van der Waals surface area (Å²) >= 11 is 0. The number of nitrogens with two attached hydrogens (primary N) is 1. The lowest BCUT2D eigenvalue weighted by Gasteiger charge is -2.34. The summed E-state index contributed by atoms with van der Waals surface area (Å²) in [6.07, 6.45) is 2.94. The number of aromatic nitrogens is 2. The van der Waals surface area contributed by atoms with Gasteiger partial charge in [0.25, 0.3) is 5.91 Å². The van der Waals surface area contributed by atoms with Gasteiger partial charge in [-0.05, 0) is 6.92 Å². The molecule has 2 unspecified atom stereocenters. The first-order valence-electron chi connectivity index (χ1n) is 5.33. The van der Waals surface area contributed by atoms with Crippen molar-refractivity contribution in [2.45, 2.75) is 19.1 Å². The van der Waals surface area contributed by atoms with Gasteiger partial charge < -0.3 is 20.4 Å². The molecule has 6 nitrogen and oxygen atoms in total. The Morgan fingerprint density at radius 3 is 3.25 bits per heavy atom. The van der Waals surface area contributed by atoms with Crippen LogP contribution in [0.4, 0.5) is 0 Å². The molecule has 88 valence electrons. The summed E-state index contributed by atoms with van der Waals surface area (Å²) in [6.45, 7) is 3.55. The van der Waals surface area contributed by atoms with E-state index in [0.29, 0.717) is 25.4 Å². The van der Waals surface area contributed by atoms with Gasteiger partial charge in [-0.2, -0.15) is 0 Å². The lowest BCUT2D eigenvalue weighted by molar-refractivity contribution is -0.0301. The van der Waals surface area contributed by atoms with Gasteiger partial charge in [0, 0.05) is 19.1 Å². The highest BCUT2D eigenvalue weighted by molar-refractivity contribution is 5.92. The largest absolute Gasteiger partial charge is 0.373 e. The van der Waals surface area contributed by atoms with Crippen molar-refractivity contribution in [3.63, 3.8) is 0 Å². The third-order valence-corrected chi connectivity index (χ3v) is 2.70. The van der Waals surface area contributed by atoms with Gasteiger partial charge in [0.1, 0.15) is 5.69 Å². The summed E-state index contributed by atoms with van der Waals surface area (Å²) in [5.41, 5.74) is 6.27. The summed E-state index contributed by atoms with van der Waals surface area (Å²) in [7, 11) is 0. The Balaban J connectivity index is 2.02. The molecule has 0 aliphatic carbocycles. The predicted octanol–water partition coefficient (Wildman–Crippen LogP) is -0.402. The number of hydrogen-bond donors (Lipinski definition) is 2. The molecule has 1 amide bonds. The van der Waals surface area contributed by atoms with Gasteiger partial charge in [0.2, 0.25) is 0 Å². The van der Waals surface area contributed by atoms with E-state index in [1.54, 1.807) is 4.90 Å². The molecule has 0 saturated carbocycles. The van der Waals surface area contributed by atoms with E-state index in [1.807, 2.05) is 6.92 Å². The molecule has 6 heteroatoms. The third kappa shape index (κ3) is 2.23. The van der Waals surface area contributed by atoms with Gasteiger partial charge in [-0.3, -0.25) is 4.79 Å². The summed E-state index contributed by atoms with van der Waals surface area (Å²) in [5, 5.41) is 0. The Labute approximate surface area is 93.8 Å². The van der Waals surface area contributed by atoms with Gasteiger partial charge >= 0.3 is 0 Å². The van der Waals surface area contributed by atoms with Crippen molar-refractivity contribution in [3.8, 4) is 0 Å². The smallest absolute Gasteiger partial charge is 0.272 e. The van der Waals surface area contributed by atoms with Crippen molar-refractivity contribution in [1.29, 1.82) is 0 Å². The van der Waals surface area contributed by atoms with Gasteiger partial charge in [0.05, 0.1) is 25.2 Å². The fraction of sp³-hybridized carbons (Fsp3) is 0.600. The van der Waals surface area contributed by atoms with E-state index in [2.05, 4.69) is 9.97 Å². The van der Waals surface area contributed by atoms with Gasteiger partial charge in [-0.25, -0.2) is 4.98 Å². The molecule has 1 fully saturated rings. The molecule has 3 N–H and O–H groups in total. The number of carbonyl (C=O) groups is 1. The molecule has 16 heavy (non-hydrogen) atoms. The molecule has 2 atom stereocenters. The Morgan fingerprint density at radius 1 is 1.81 bits per heavy atom. The van der Waals surface area contributed by atoms with Crippen molar-refractivity contribution < 1.29 is 9.53 Å². The van der Waals surface area contributed by atoms with Crippen molar-refractivity contribution in [2.24, 2.45) is 5.73 Å². The molecule has 2 rings (SSSR count). The van der Waals surface area contributed by atoms with Crippen LogP contribution in [0, 0.1) is 0 Å². The minimum Gasteiger partial charge on any atom is -0.373 e. The number of amides is 1. The predicted molar refractivity (Wildman–Crippen MR) is 57.9 cm³/mol. The maximum absolute atomic E-state index is 12.0. The van der Waals surface area contributed by atoms with E-state index in [1.165, 1.54) is 12.5 Å². The molecule has 0 spiro atoms. The van der Waals surface area contributed by atoms with Gasteiger partial charge in [-0.15, -0.1) is 0 Å². The van der Waals surface area contributed by atoms with Crippen molar-refractivity contribution in [3.05, 3.63) is 18.2 Å². The second kappa shape index (κ2) is 4.63. The zero-order valence-corrected chi connectivity index (χ0v) is 9.22. The topological polar surface area (TPSA) is 84.2 Å². The molecular weight excluding hydrogens is 208 g/mol. The average molecular weight is 224 g/mol. The monoisotopic (exact) mass is 224 g/mol. The van der Waals surface area contributed by atoms with E-state index in [4.69, 9.17) is 10.5 Å². The number of nitrogens with one attached hydrogen (secondary N) is 1. The molecule has 2 heterocycles. The number of hydrogen-bond acceptors (Lipinski definition) is 4. The molecule has 1 saturated heterocycles. The highest BCUT2D eigenvalue weighted by Crippen LogP contribution is 2.10. The molecule has 1 aromatic heterocycles. The summed E-state index contributed by atoms with van der Waals surface area (Å²) < 4.78 is 5.49. The Kier molecular flexibility index (Phi) is 3.21. The van der Waals surface area contributed by atoms with E-state index in [-0.39, 0.29) is 18.1 Å². The fourth-order valence-electron chi connectivity index (χ4n) is 1.72. The van der Waals surface area contributed by atoms with Crippen LogP contribution >= 0.6 is 0 Å². The molecule has 0 bridgehead atoms. The average Bonchev–Trinajstić information content (AvgIpc) is 2.81. The molecule has 0 aromatic carbocycles. The SMILES string of the molecule is CC(N)C1CN(C(=O)c2cnc[nH]2)CCO1. The van der Waals surface area contributed by atoms with Crippen LogP contribution in [-0.4, -0.2) is 52.6 Å². The molecule has 0 radical (unpaired) electrons. The van der Waals surface area contributed by atoms with Crippen LogP contribution in [0.3, 0.4) is 0 Å².